The molecule has 0 spiro atoms. The summed E-state index contributed by atoms with van der Waals surface area (Å²) in [5.41, 5.74) is 2.15. The molecule has 3 aromatic rings. The molecule has 5 nitrogen and oxygen atoms in total. The van der Waals surface area contributed by atoms with E-state index in [0.29, 0.717) is 35.8 Å². The summed E-state index contributed by atoms with van der Waals surface area (Å²) in [6, 6.07) is 14.2. The maximum atomic E-state index is 14.9. The number of hydrogen-bond acceptors (Lipinski definition) is 4. The van der Waals surface area contributed by atoms with E-state index in [9.17, 15) is 27.5 Å². The Hall–Kier alpha value is -3.59. The van der Waals surface area contributed by atoms with E-state index in [-0.39, 0.29) is 29.0 Å². The van der Waals surface area contributed by atoms with Crippen molar-refractivity contribution >= 4 is 5.97 Å². The molecule has 1 aliphatic carbocycles. The lowest BCUT2D eigenvalue weighted by atomic mass is 9.87. The van der Waals surface area contributed by atoms with Crippen molar-refractivity contribution in [1.29, 1.82) is 0 Å². The van der Waals surface area contributed by atoms with Gasteiger partial charge in [0, 0.05) is 12.7 Å². The first-order valence-electron chi connectivity index (χ1n) is 13.2. The number of benzene rings is 3. The molecule has 212 valence electrons. The molecule has 0 saturated heterocycles. The van der Waals surface area contributed by atoms with E-state index in [1.165, 1.54) is 31.4 Å². The molecular weight excluding hydrogens is 528 g/mol. The Labute approximate surface area is 229 Å². The third-order valence-corrected chi connectivity index (χ3v) is 7.78. The molecule has 0 aromatic heterocycles. The summed E-state index contributed by atoms with van der Waals surface area (Å²) >= 11 is 0. The van der Waals surface area contributed by atoms with E-state index in [1.54, 1.807) is 6.07 Å². The first kappa shape index (κ1) is 28.0. The van der Waals surface area contributed by atoms with Crippen molar-refractivity contribution in [2.24, 2.45) is 5.92 Å². The molecule has 9 heteroatoms. The van der Waals surface area contributed by atoms with Gasteiger partial charge in [-0.25, -0.2) is 4.39 Å². The predicted octanol–water partition coefficient (Wildman–Crippen LogP) is 7.79. The second-order valence-corrected chi connectivity index (χ2v) is 10.4. The Morgan fingerprint density at radius 3 is 2.45 bits per heavy atom. The number of halogens is 4. The van der Waals surface area contributed by atoms with Gasteiger partial charge in [-0.2, -0.15) is 13.2 Å². The maximum Gasteiger partial charge on any atom is 0.418 e. The van der Waals surface area contributed by atoms with Crippen molar-refractivity contribution in [2.75, 3.05) is 14.2 Å². The van der Waals surface area contributed by atoms with Crippen LogP contribution in [0.15, 0.2) is 54.6 Å². The van der Waals surface area contributed by atoms with Crippen LogP contribution in [0.2, 0.25) is 0 Å². The summed E-state index contributed by atoms with van der Waals surface area (Å²) in [4.78, 5) is 11.5. The first-order valence-corrected chi connectivity index (χ1v) is 13.2. The summed E-state index contributed by atoms with van der Waals surface area (Å²) in [6.45, 7) is 0. The highest BCUT2D eigenvalue weighted by Gasteiger charge is 2.43. The number of methoxy groups -OCH3 is 2. The average Bonchev–Trinajstić information content (AvgIpc) is 3.76. The van der Waals surface area contributed by atoms with Gasteiger partial charge in [0.1, 0.15) is 23.4 Å². The van der Waals surface area contributed by atoms with Gasteiger partial charge < -0.3 is 19.3 Å². The van der Waals surface area contributed by atoms with Gasteiger partial charge in [0.05, 0.1) is 13.5 Å². The van der Waals surface area contributed by atoms with E-state index < -0.39 is 30.2 Å². The number of carbonyl (C=O) groups is 1. The quantitative estimate of drug-likeness (QED) is 0.272. The minimum atomic E-state index is -4.74. The lowest BCUT2D eigenvalue weighted by molar-refractivity contribution is -0.215. The monoisotopic (exact) mass is 558 g/mol. The molecule has 2 unspecified atom stereocenters. The van der Waals surface area contributed by atoms with Crippen LogP contribution < -0.4 is 9.47 Å². The molecule has 3 atom stereocenters. The number of ether oxygens (including phenoxy) is 3. The lowest BCUT2D eigenvalue weighted by Crippen LogP contribution is -2.24. The van der Waals surface area contributed by atoms with Crippen LogP contribution in [0, 0.1) is 11.7 Å². The lowest BCUT2D eigenvalue weighted by Gasteiger charge is -2.29. The first-order chi connectivity index (χ1) is 19.1. The second kappa shape index (κ2) is 11.1. The molecule has 1 saturated carbocycles. The van der Waals surface area contributed by atoms with Crippen LogP contribution in [0.3, 0.4) is 0 Å². The Morgan fingerprint density at radius 2 is 1.80 bits per heavy atom. The van der Waals surface area contributed by atoms with E-state index >= 15 is 0 Å². The molecule has 5 rings (SSSR count). The van der Waals surface area contributed by atoms with Crippen LogP contribution in [0.5, 0.6) is 11.5 Å². The SMILES string of the molecule is COc1ccc(F)c(-c2ccc(C3CCc4ccc([C@@H](CC(=O)O)C5CC5)cc4O3)cc2C(OC)C(F)(F)F)c1. The minimum absolute atomic E-state index is 0.0312. The third kappa shape index (κ3) is 5.80. The number of carboxylic acid groups (broad SMARTS) is 1. The maximum absolute atomic E-state index is 14.9. The van der Waals surface area contributed by atoms with E-state index in [1.807, 2.05) is 18.2 Å². The Bertz CT molecular complexity index is 1400. The molecule has 0 radical (unpaired) electrons. The summed E-state index contributed by atoms with van der Waals surface area (Å²) in [6.07, 6.45) is -4.39. The fraction of sp³-hybridized carbons (Fsp3) is 0.387. The van der Waals surface area contributed by atoms with Gasteiger partial charge >= 0.3 is 12.1 Å². The standard InChI is InChI=1S/C31H30F4O5/c1-38-21-9-11-26(32)24(15-21)22-10-7-20(13-25(22)30(39-2)31(33,34)35)27-12-8-18-5-6-19(14-28(18)40-27)23(16-29(36)37)17-3-4-17/h5-7,9-11,13-15,17,23,27,30H,3-4,8,12,16H2,1-2H3,(H,36,37)/t23-,27?,30?/m0/s1. The van der Waals surface area contributed by atoms with Crippen LogP contribution >= 0.6 is 0 Å². The molecule has 1 N–H and O–H groups in total. The molecule has 1 aliphatic heterocycles. The minimum Gasteiger partial charge on any atom is -0.497 e. The number of carboxylic acids is 1. The van der Waals surface area contributed by atoms with Crippen molar-refractivity contribution < 1.29 is 41.7 Å². The number of hydrogen-bond donors (Lipinski definition) is 1. The van der Waals surface area contributed by atoms with Gasteiger partial charge in [-0.05, 0) is 95.7 Å². The van der Waals surface area contributed by atoms with Crippen molar-refractivity contribution in [1.82, 2.24) is 0 Å². The third-order valence-electron chi connectivity index (χ3n) is 7.78. The smallest absolute Gasteiger partial charge is 0.418 e. The largest absolute Gasteiger partial charge is 0.497 e. The summed E-state index contributed by atoms with van der Waals surface area (Å²) in [5.74, 6) is -0.408. The Balaban J connectivity index is 1.52. The number of alkyl halides is 3. The van der Waals surface area contributed by atoms with Crippen LogP contribution in [0.25, 0.3) is 11.1 Å². The number of fused-ring (bicyclic) bond motifs is 1. The summed E-state index contributed by atoms with van der Waals surface area (Å²) < 4.78 is 73.5. The molecule has 40 heavy (non-hydrogen) atoms. The van der Waals surface area contributed by atoms with Crippen molar-refractivity contribution in [3.63, 3.8) is 0 Å². The van der Waals surface area contributed by atoms with Gasteiger partial charge in [-0.15, -0.1) is 0 Å². The van der Waals surface area contributed by atoms with E-state index in [4.69, 9.17) is 14.2 Å². The molecule has 0 bridgehead atoms. The Morgan fingerprint density at radius 1 is 1.02 bits per heavy atom. The van der Waals surface area contributed by atoms with Crippen LogP contribution in [0.4, 0.5) is 17.6 Å². The molecule has 2 aliphatic rings. The van der Waals surface area contributed by atoms with Gasteiger partial charge in [-0.1, -0.05) is 24.3 Å². The van der Waals surface area contributed by atoms with Gasteiger partial charge in [0.2, 0.25) is 0 Å². The average molecular weight is 559 g/mol. The molecular formula is C31H30F4O5. The zero-order valence-electron chi connectivity index (χ0n) is 22.1. The molecule has 1 heterocycles. The highest BCUT2D eigenvalue weighted by Crippen LogP contribution is 2.47. The van der Waals surface area contributed by atoms with Crippen molar-refractivity contribution in [3.8, 4) is 22.6 Å². The fourth-order valence-corrected chi connectivity index (χ4v) is 5.61. The molecule has 0 amide bonds. The van der Waals surface area contributed by atoms with Gasteiger partial charge in [0.25, 0.3) is 0 Å². The van der Waals surface area contributed by atoms with Crippen LogP contribution in [-0.2, 0) is 16.0 Å². The molecule has 1 fully saturated rings. The van der Waals surface area contributed by atoms with E-state index in [2.05, 4.69) is 0 Å². The van der Waals surface area contributed by atoms with Gasteiger partial charge in [0.15, 0.2) is 6.10 Å². The zero-order chi connectivity index (χ0) is 28.6. The zero-order valence-corrected chi connectivity index (χ0v) is 22.1. The topological polar surface area (TPSA) is 65.0 Å². The summed E-state index contributed by atoms with van der Waals surface area (Å²) in [7, 11) is 2.37. The molecule has 3 aromatic carbocycles. The van der Waals surface area contributed by atoms with E-state index in [0.717, 1.165) is 37.1 Å². The second-order valence-electron chi connectivity index (χ2n) is 10.4. The van der Waals surface area contributed by atoms with Crippen molar-refractivity contribution in [3.05, 3.63) is 82.7 Å². The van der Waals surface area contributed by atoms with Crippen LogP contribution in [0.1, 0.15) is 66.1 Å². The predicted molar refractivity (Wildman–Crippen MR) is 140 cm³/mol. The number of aliphatic carboxylic acids is 1. The summed E-state index contributed by atoms with van der Waals surface area (Å²) in [5, 5.41) is 9.40. The number of rotatable bonds is 9. The van der Waals surface area contributed by atoms with Crippen LogP contribution in [-0.4, -0.2) is 31.5 Å². The highest BCUT2D eigenvalue weighted by molar-refractivity contribution is 5.71. The van der Waals surface area contributed by atoms with Crippen molar-refractivity contribution in [2.45, 2.75) is 56.4 Å². The highest BCUT2D eigenvalue weighted by atomic mass is 19.4. The Kier molecular flexibility index (Phi) is 7.77. The normalized spacial score (nSPS) is 18.4. The number of aryl methyl sites for hydroxylation is 1. The fourth-order valence-electron chi connectivity index (χ4n) is 5.61. The van der Waals surface area contributed by atoms with Gasteiger partial charge in [-0.3, -0.25) is 4.79 Å².